The molecule has 0 spiro atoms. The highest BCUT2D eigenvalue weighted by atomic mass is 16.4. The summed E-state index contributed by atoms with van der Waals surface area (Å²) in [5, 5.41) is 8.49. The Labute approximate surface area is 135 Å². The molecule has 0 bridgehead atoms. The molecule has 0 saturated heterocycles. The Bertz CT molecular complexity index is 398. The fraction of sp³-hybridized carbons (Fsp3) is 0.450. The van der Waals surface area contributed by atoms with Crippen molar-refractivity contribution in [2.45, 2.75) is 58.3 Å². The molecule has 0 heterocycles. The molecule has 0 aromatic carbocycles. The molecular formula is C20H30O2. The van der Waals surface area contributed by atoms with Gasteiger partial charge in [0.05, 0.1) is 0 Å². The van der Waals surface area contributed by atoms with Crippen LogP contribution < -0.4 is 0 Å². The molecule has 0 fully saturated rings. The maximum Gasteiger partial charge on any atom is 0.303 e. The third-order valence-electron chi connectivity index (χ3n) is 2.92. The fourth-order valence-corrected chi connectivity index (χ4v) is 1.70. The van der Waals surface area contributed by atoms with E-state index in [-0.39, 0.29) is 6.42 Å². The standard InChI is InChI=1S/C20H30O2/c1-2-3-4-5-6-7-8-9-10-11-12-13-14-15-16-17-18-19-20(21)22/h4-7,9-10,12-13,15-16H,2-3,8,11,14,17-19H2,1H3,(H,21,22). The second-order valence-corrected chi connectivity index (χ2v) is 5.05. The lowest BCUT2D eigenvalue weighted by Crippen LogP contribution is -1.92. The van der Waals surface area contributed by atoms with E-state index in [1.807, 2.05) is 0 Å². The highest BCUT2D eigenvalue weighted by Gasteiger charge is 1.92. The van der Waals surface area contributed by atoms with Crippen LogP contribution in [0.2, 0.25) is 0 Å². The molecule has 1 N–H and O–H groups in total. The van der Waals surface area contributed by atoms with E-state index in [9.17, 15) is 4.79 Å². The lowest BCUT2D eigenvalue weighted by Gasteiger charge is -1.89. The minimum absolute atomic E-state index is 0.258. The number of rotatable bonds is 13. The summed E-state index contributed by atoms with van der Waals surface area (Å²) in [6, 6.07) is 0. The van der Waals surface area contributed by atoms with Crippen molar-refractivity contribution >= 4 is 5.97 Å². The van der Waals surface area contributed by atoms with Crippen LogP contribution in [0.3, 0.4) is 0 Å². The molecular weight excluding hydrogens is 272 g/mol. The van der Waals surface area contributed by atoms with Crippen molar-refractivity contribution in [1.29, 1.82) is 0 Å². The molecule has 0 aliphatic heterocycles. The van der Waals surface area contributed by atoms with Gasteiger partial charge in [-0.3, -0.25) is 4.79 Å². The van der Waals surface area contributed by atoms with Crippen molar-refractivity contribution in [1.82, 2.24) is 0 Å². The number of carbonyl (C=O) groups is 1. The van der Waals surface area contributed by atoms with Crippen LogP contribution in [0.25, 0.3) is 0 Å². The lowest BCUT2D eigenvalue weighted by molar-refractivity contribution is -0.137. The molecule has 2 nitrogen and oxygen atoms in total. The van der Waals surface area contributed by atoms with Gasteiger partial charge in [-0.1, -0.05) is 74.1 Å². The Morgan fingerprint density at radius 2 is 1.32 bits per heavy atom. The van der Waals surface area contributed by atoms with Gasteiger partial charge in [0.1, 0.15) is 0 Å². The van der Waals surface area contributed by atoms with Crippen LogP contribution in [0.1, 0.15) is 58.3 Å². The molecule has 0 aliphatic rings. The summed E-state index contributed by atoms with van der Waals surface area (Å²) < 4.78 is 0. The van der Waals surface area contributed by atoms with Crippen LogP contribution in [0.5, 0.6) is 0 Å². The van der Waals surface area contributed by atoms with E-state index in [1.165, 1.54) is 6.42 Å². The van der Waals surface area contributed by atoms with Gasteiger partial charge in [0.15, 0.2) is 0 Å². The normalized spacial score (nSPS) is 12.8. The number of carboxylic acid groups (broad SMARTS) is 1. The van der Waals surface area contributed by atoms with Crippen molar-refractivity contribution in [3.8, 4) is 0 Å². The van der Waals surface area contributed by atoms with Gasteiger partial charge in [0.2, 0.25) is 0 Å². The maximum absolute atomic E-state index is 10.3. The number of unbranched alkanes of at least 4 members (excludes halogenated alkanes) is 2. The van der Waals surface area contributed by atoms with Gasteiger partial charge in [-0.15, -0.1) is 0 Å². The second-order valence-electron chi connectivity index (χ2n) is 5.05. The van der Waals surface area contributed by atoms with Crippen LogP contribution >= 0.6 is 0 Å². The molecule has 0 amide bonds. The van der Waals surface area contributed by atoms with Crippen molar-refractivity contribution < 1.29 is 9.90 Å². The Morgan fingerprint density at radius 3 is 1.91 bits per heavy atom. The van der Waals surface area contributed by atoms with Crippen LogP contribution in [0, 0.1) is 0 Å². The highest BCUT2D eigenvalue weighted by molar-refractivity contribution is 5.66. The zero-order chi connectivity index (χ0) is 16.3. The first kappa shape index (κ1) is 20.2. The molecule has 122 valence electrons. The SMILES string of the molecule is CCCC=CC=CCC=CCC=CCC=CCCCC(=O)O. The van der Waals surface area contributed by atoms with E-state index in [2.05, 4.69) is 67.7 Å². The third-order valence-corrected chi connectivity index (χ3v) is 2.92. The molecule has 0 atom stereocenters. The Kier molecular flexibility index (Phi) is 15.8. The summed E-state index contributed by atoms with van der Waals surface area (Å²) in [6.07, 6.45) is 28.4. The van der Waals surface area contributed by atoms with Crippen molar-refractivity contribution in [3.05, 3.63) is 60.8 Å². The van der Waals surface area contributed by atoms with Gasteiger partial charge in [-0.2, -0.15) is 0 Å². The lowest BCUT2D eigenvalue weighted by atomic mass is 10.2. The van der Waals surface area contributed by atoms with Gasteiger partial charge in [0.25, 0.3) is 0 Å². The quantitative estimate of drug-likeness (QED) is 0.258. The van der Waals surface area contributed by atoms with Crippen LogP contribution in [-0.4, -0.2) is 11.1 Å². The first-order valence-electron chi connectivity index (χ1n) is 8.25. The summed E-state index contributed by atoms with van der Waals surface area (Å²) in [5.74, 6) is -0.716. The topological polar surface area (TPSA) is 37.3 Å². The third kappa shape index (κ3) is 18.2. The van der Waals surface area contributed by atoms with Gasteiger partial charge >= 0.3 is 5.97 Å². The van der Waals surface area contributed by atoms with E-state index >= 15 is 0 Å². The monoisotopic (exact) mass is 302 g/mol. The molecule has 0 rings (SSSR count). The van der Waals surface area contributed by atoms with Crippen LogP contribution in [-0.2, 0) is 4.79 Å². The van der Waals surface area contributed by atoms with Gasteiger partial charge in [0, 0.05) is 6.42 Å². The van der Waals surface area contributed by atoms with Crippen LogP contribution in [0.4, 0.5) is 0 Å². The summed E-state index contributed by atoms with van der Waals surface area (Å²) in [5.41, 5.74) is 0. The van der Waals surface area contributed by atoms with Gasteiger partial charge in [-0.25, -0.2) is 0 Å². The molecule has 22 heavy (non-hydrogen) atoms. The minimum Gasteiger partial charge on any atom is -0.481 e. The summed E-state index contributed by atoms with van der Waals surface area (Å²) in [4.78, 5) is 10.3. The first-order chi connectivity index (χ1) is 10.8. The van der Waals surface area contributed by atoms with E-state index < -0.39 is 5.97 Å². The predicted molar refractivity (Wildman–Crippen MR) is 95.9 cm³/mol. The molecule has 0 saturated carbocycles. The van der Waals surface area contributed by atoms with Gasteiger partial charge in [-0.05, 0) is 38.5 Å². The number of hydrogen-bond donors (Lipinski definition) is 1. The summed E-state index contributed by atoms with van der Waals surface area (Å²) in [6.45, 7) is 2.18. The van der Waals surface area contributed by atoms with Crippen molar-refractivity contribution in [2.75, 3.05) is 0 Å². The zero-order valence-electron chi connectivity index (χ0n) is 13.8. The first-order valence-corrected chi connectivity index (χ1v) is 8.25. The average Bonchev–Trinajstić information content (AvgIpc) is 2.50. The Morgan fingerprint density at radius 1 is 0.773 bits per heavy atom. The van der Waals surface area contributed by atoms with Crippen molar-refractivity contribution in [2.24, 2.45) is 0 Å². The minimum atomic E-state index is -0.716. The van der Waals surface area contributed by atoms with E-state index in [1.54, 1.807) is 0 Å². The van der Waals surface area contributed by atoms with E-state index in [0.717, 1.165) is 38.5 Å². The molecule has 0 radical (unpaired) electrons. The molecule has 2 heteroatoms. The highest BCUT2D eigenvalue weighted by Crippen LogP contribution is 1.99. The fourth-order valence-electron chi connectivity index (χ4n) is 1.70. The Hall–Kier alpha value is -1.83. The number of aliphatic carboxylic acids is 1. The largest absolute Gasteiger partial charge is 0.481 e. The predicted octanol–water partition coefficient (Wildman–Crippen LogP) is 5.99. The zero-order valence-corrected chi connectivity index (χ0v) is 13.8. The average molecular weight is 302 g/mol. The Balaban J connectivity index is 3.48. The molecule has 0 aliphatic carbocycles. The summed E-state index contributed by atoms with van der Waals surface area (Å²) in [7, 11) is 0. The number of carboxylic acids is 1. The molecule has 0 unspecified atom stereocenters. The summed E-state index contributed by atoms with van der Waals surface area (Å²) >= 11 is 0. The van der Waals surface area contributed by atoms with E-state index in [0.29, 0.717) is 0 Å². The molecule has 0 aromatic heterocycles. The molecule has 0 aromatic rings. The smallest absolute Gasteiger partial charge is 0.303 e. The van der Waals surface area contributed by atoms with Gasteiger partial charge < -0.3 is 5.11 Å². The van der Waals surface area contributed by atoms with Crippen molar-refractivity contribution in [3.63, 3.8) is 0 Å². The van der Waals surface area contributed by atoms with E-state index in [4.69, 9.17) is 5.11 Å². The number of hydrogen-bond acceptors (Lipinski definition) is 1. The van der Waals surface area contributed by atoms with Crippen LogP contribution in [0.15, 0.2) is 60.8 Å². The number of allylic oxidation sites excluding steroid dienone is 10. The second kappa shape index (κ2) is 17.2. The maximum atomic E-state index is 10.3.